The molecular formula is C23H23NS. The number of allylic oxidation sites excluding steroid dienone is 1. The lowest BCUT2D eigenvalue weighted by atomic mass is 9.82. The van der Waals surface area contributed by atoms with E-state index in [1.54, 1.807) is 22.9 Å². The average Bonchev–Trinajstić information content (AvgIpc) is 2.69. The predicted molar refractivity (Wildman–Crippen MR) is 113 cm³/mol. The van der Waals surface area contributed by atoms with E-state index in [9.17, 15) is 0 Å². The van der Waals surface area contributed by atoms with Crippen LogP contribution in [-0.2, 0) is 12.8 Å². The van der Waals surface area contributed by atoms with Gasteiger partial charge in [-0.2, -0.15) is 0 Å². The van der Waals surface area contributed by atoms with E-state index in [2.05, 4.69) is 60.4 Å². The molecule has 0 saturated carbocycles. The van der Waals surface area contributed by atoms with Gasteiger partial charge in [0, 0.05) is 6.21 Å². The molecule has 0 aromatic heterocycles. The highest BCUT2D eigenvalue weighted by atomic mass is 32.2. The molecule has 0 amide bonds. The fourth-order valence-electron chi connectivity index (χ4n) is 3.83. The number of hydrogen-bond donors (Lipinski definition) is 0. The Hall–Kier alpha value is -2.06. The Morgan fingerprint density at radius 2 is 1.84 bits per heavy atom. The van der Waals surface area contributed by atoms with Gasteiger partial charge in [0.05, 0.1) is 5.88 Å². The van der Waals surface area contributed by atoms with Gasteiger partial charge in [0.2, 0.25) is 0 Å². The molecule has 0 bridgehead atoms. The molecule has 0 fully saturated rings. The summed E-state index contributed by atoms with van der Waals surface area (Å²) in [6.07, 6.45) is 7.58. The lowest BCUT2D eigenvalue weighted by Gasteiger charge is -2.23. The van der Waals surface area contributed by atoms with E-state index in [1.807, 2.05) is 17.7 Å². The Balaban J connectivity index is 0.000000223. The van der Waals surface area contributed by atoms with Crippen LogP contribution in [0.2, 0.25) is 0 Å². The fourth-order valence-corrected chi connectivity index (χ4v) is 4.27. The Bertz CT molecular complexity index is 943. The maximum Gasteiger partial charge on any atom is 0.0884 e. The van der Waals surface area contributed by atoms with Gasteiger partial charge in [-0.1, -0.05) is 55.5 Å². The molecule has 0 radical (unpaired) electrons. The van der Waals surface area contributed by atoms with E-state index in [-0.39, 0.29) is 0 Å². The van der Waals surface area contributed by atoms with E-state index in [1.165, 1.54) is 40.8 Å². The molecule has 1 unspecified atom stereocenters. The van der Waals surface area contributed by atoms with Crippen LogP contribution in [0.1, 0.15) is 24.5 Å². The number of aryl methyl sites for hydroxylation is 1. The molecule has 3 aromatic rings. The Kier molecular flexibility index (Phi) is 4.89. The highest BCUT2D eigenvalue weighted by molar-refractivity contribution is 8.02. The number of nitrogens with zero attached hydrogens (tertiary/aromatic N) is 1. The van der Waals surface area contributed by atoms with Crippen LogP contribution in [-0.4, -0.2) is 12.1 Å². The summed E-state index contributed by atoms with van der Waals surface area (Å²) >= 11 is 1.72. The van der Waals surface area contributed by atoms with E-state index < -0.39 is 0 Å². The first-order valence-corrected chi connectivity index (χ1v) is 10.1. The van der Waals surface area contributed by atoms with Crippen molar-refractivity contribution in [1.82, 2.24) is 0 Å². The minimum atomic E-state index is 0.838. The maximum absolute atomic E-state index is 3.93. The number of thioether (sulfide) groups is 1. The summed E-state index contributed by atoms with van der Waals surface area (Å²) < 4.78 is 0. The Labute approximate surface area is 153 Å². The SMILES string of the molecule is C1=CSCN=C1.CC1CCc2c(ccc3c2ccc2ccccc23)C1. The van der Waals surface area contributed by atoms with Crippen LogP contribution in [0.15, 0.2) is 65.0 Å². The highest BCUT2D eigenvalue weighted by Crippen LogP contribution is 2.34. The van der Waals surface area contributed by atoms with Crippen molar-refractivity contribution in [1.29, 1.82) is 0 Å². The smallest absolute Gasteiger partial charge is 0.0884 e. The van der Waals surface area contributed by atoms with Gasteiger partial charge in [0.1, 0.15) is 0 Å². The summed E-state index contributed by atoms with van der Waals surface area (Å²) in [5, 5.41) is 7.67. The number of fused-ring (bicyclic) bond motifs is 5. The van der Waals surface area contributed by atoms with Crippen LogP contribution in [0, 0.1) is 5.92 Å². The van der Waals surface area contributed by atoms with Gasteiger partial charge in [-0.15, -0.1) is 11.8 Å². The number of hydrogen-bond acceptors (Lipinski definition) is 2. The molecule has 25 heavy (non-hydrogen) atoms. The first-order valence-electron chi connectivity index (χ1n) is 9.02. The monoisotopic (exact) mass is 345 g/mol. The first kappa shape index (κ1) is 16.4. The fraction of sp³-hybridized carbons (Fsp3) is 0.261. The van der Waals surface area contributed by atoms with E-state index in [4.69, 9.17) is 0 Å². The normalized spacial score (nSPS) is 18.7. The summed E-state index contributed by atoms with van der Waals surface area (Å²) in [6, 6.07) is 18.0. The van der Waals surface area contributed by atoms with Gasteiger partial charge in [-0.05, 0) is 69.3 Å². The predicted octanol–water partition coefficient (Wildman–Crippen LogP) is 6.39. The molecule has 2 heteroatoms. The minimum absolute atomic E-state index is 0.838. The number of aliphatic imine (C=N–C) groups is 1. The van der Waals surface area contributed by atoms with E-state index >= 15 is 0 Å². The Morgan fingerprint density at radius 1 is 0.960 bits per heavy atom. The van der Waals surface area contributed by atoms with Gasteiger partial charge < -0.3 is 0 Å². The van der Waals surface area contributed by atoms with Crippen LogP contribution >= 0.6 is 11.8 Å². The van der Waals surface area contributed by atoms with Crippen molar-refractivity contribution < 1.29 is 0 Å². The summed E-state index contributed by atoms with van der Waals surface area (Å²) in [5.74, 6) is 1.74. The largest absolute Gasteiger partial charge is 0.282 e. The van der Waals surface area contributed by atoms with Gasteiger partial charge in [-0.3, -0.25) is 4.99 Å². The third-order valence-corrected chi connectivity index (χ3v) is 5.75. The van der Waals surface area contributed by atoms with Crippen LogP contribution < -0.4 is 0 Å². The number of rotatable bonds is 0. The molecule has 0 N–H and O–H groups in total. The molecule has 0 saturated heterocycles. The highest BCUT2D eigenvalue weighted by Gasteiger charge is 2.17. The summed E-state index contributed by atoms with van der Waals surface area (Å²) in [5.41, 5.74) is 3.17. The lowest BCUT2D eigenvalue weighted by molar-refractivity contribution is 0.503. The molecule has 1 heterocycles. The van der Waals surface area contributed by atoms with E-state index in [0.717, 1.165) is 11.8 Å². The van der Waals surface area contributed by atoms with E-state index in [0.29, 0.717) is 0 Å². The van der Waals surface area contributed by atoms with Crippen LogP contribution in [0.3, 0.4) is 0 Å². The Morgan fingerprint density at radius 3 is 2.60 bits per heavy atom. The topological polar surface area (TPSA) is 12.4 Å². The molecule has 2 aliphatic rings. The lowest BCUT2D eigenvalue weighted by Crippen LogP contribution is -2.11. The van der Waals surface area contributed by atoms with Gasteiger partial charge in [0.25, 0.3) is 0 Å². The maximum atomic E-state index is 3.93. The zero-order chi connectivity index (χ0) is 17.1. The molecule has 0 spiro atoms. The standard InChI is InChI=1S/C19H18.C4H5NS/c1-13-6-9-17-15(12-13)8-11-18-16-5-3-2-4-14(16)7-10-19(17)18;1-2-5-4-6-3-1/h2-5,7-8,10-11,13H,6,9,12H2,1H3;1-3H,4H2. The van der Waals surface area contributed by atoms with Crippen molar-refractivity contribution in [3.8, 4) is 0 Å². The molecule has 1 nitrogen and oxygen atoms in total. The molecule has 1 aliphatic carbocycles. The second kappa shape index (κ2) is 7.45. The van der Waals surface area contributed by atoms with Gasteiger partial charge in [0.15, 0.2) is 0 Å². The molecule has 1 aliphatic heterocycles. The average molecular weight is 346 g/mol. The third kappa shape index (κ3) is 3.50. The number of benzene rings is 3. The molecule has 3 aromatic carbocycles. The van der Waals surface area contributed by atoms with Gasteiger partial charge >= 0.3 is 0 Å². The second-order valence-corrected chi connectivity index (χ2v) is 7.75. The third-order valence-electron chi connectivity index (χ3n) is 5.11. The first-order chi connectivity index (χ1) is 12.3. The molecule has 126 valence electrons. The quantitative estimate of drug-likeness (QED) is 0.430. The second-order valence-electron chi connectivity index (χ2n) is 6.89. The van der Waals surface area contributed by atoms with Crippen molar-refractivity contribution in [3.05, 3.63) is 71.1 Å². The van der Waals surface area contributed by atoms with Crippen LogP contribution in [0.5, 0.6) is 0 Å². The van der Waals surface area contributed by atoms with Gasteiger partial charge in [-0.25, -0.2) is 0 Å². The zero-order valence-electron chi connectivity index (χ0n) is 14.6. The van der Waals surface area contributed by atoms with Crippen molar-refractivity contribution in [2.24, 2.45) is 10.9 Å². The minimum Gasteiger partial charge on any atom is -0.282 e. The molecule has 1 atom stereocenters. The summed E-state index contributed by atoms with van der Waals surface area (Å²) in [6.45, 7) is 2.37. The van der Waals surface area contributed by atoms with Crippen molar-refractivity contribution >= 4 is 39.5 Å². The summed E-state index contributed by atoms with van der Waals surface area (Å²) in [4.78, 5) is 3.93. The summed E-state index contributed by atoms with van der Waals surface area (Å²) in [7, 11) is 0. The van der Waals surface area contributed by atoms with Crippen molar-refractivity contribution in [2.45, 2.75) is 26.2 Å². The molecular weight excluding hydrogens is 322 g/mol. The molecule has 5 rings (SSSR count). The van der Waals surface area contributed by atoms with Crippen LogP contribution in [0.4, 0.5) is 0 Å². The zero-order valence-corrected chi connectivity index (χ0v) is 15.4. The van der Waals surface area contributed by atoms with Crippen LogP contribution in [0.25, 0.3) is 21.5 Å². The van der Waals surface area contributed by atoms with Crippen molar-refractivity contribution in [3.63, 3.8) is 0 Å². The van der Waals surface area contributed by atoms with Crippen molar-refractivity contribution in [2.75, 3.05) is 5.88 Å².